The monoisotopic (exact) mass is 592 g/mol. The molecule has 4 nitrogen and oxygen atoms in total. The molecule has 0 bridgehead atoms. The first kappa shape index (κ1) is 16.3. The van der Waals surface area contributed by atoms with Crippen molar-refractivity contribution in [3.63, 3.8) is 0 Å². The summed E-state index contributed by atoms with van der Waals surface area (Å²) in [5, 5.41) is 1.73. The van der Waals surface area contributed by atoms with Crippen molar-refractivity contribution < 1.29 is 19.5 Å². The molecule has 5 heteroatoms. The number of benzene rings is 6. The summed E-state index contributed by atoms with van der Waals surface area (Å²) < 4.78 is 104. The number of nitrogens with zero attached hydrogens (tertiary/aromatic N) is 3. The van der Waals surface area contributed by atoms with Gasteiger partial charge in [-0.3, -0.25) is 0 Å². The quantitative estimate of drug-likeness (QED) is 0.204. The number of hydrogen-bond acceptors (Lipinski definition) is 5. The van der Waals surface area contributed by atoms with Gasteiger partial charge in [-0.2, -0.15) is 0 Å². The topological polar surface area (TPSA) is 51.8 Å². The Morgan fingerprint density at radius 3 is 1.98 bits per heavy atom. The SMILES string of the molecule is [2H]c1c([2H])c([2H])c(-c2c([2H])c([2H])c3oc4c([2H])c([2H])c(-c5nc(-c6ccccc6)nc(-c6cccc7c6sc6ccccc67)n5)c([2H])c4c3c2[2H])c([2H])c1[2H]. The lowest BCUT2D eigenvalue weighted by molar-refractivity contribution is 0.669. The molecular formula is C39H23N3OS. The zero-order valence-corrected chi connectivity index (χ0v) is 23.4. The van der Waals surface area contributed by atoms with Gasteiger partial charge < -0.3 is 4.42 Å². The summed E-state index contributed by atoms with van der Waals surface area (Å²) in [4.78, 5) is 14.4. The highest BCUT2D eigenvalue weighted by Crippen LogP contribution is 2.40. The van der Waals surface area contributed by atoms with Crippen molar-refractivity contribution in [3.05, 3.63) is 139 Å². The molecule has 0 unspecified atom stereocenters. The minimum Gasteiger partial charge on any atom is -0.456 e. The van der Waals surface area contributed by atoms with Gasteiger partial charge in [0.15, 0.2) is 17.5 Å². The highest BCUT2D eigenvalue weighted by atomic mass is 32.1. The zero-order valence-electron chi connectivity index (χ0n) is 33.6. The fourth-order valence-electron chi connectivity index (χ4n) is 5.26. The number of furan rings is 1. The van der Waals surface area contributed by atoms with Gasteiger partial charge in [-0.05, 0) is 53.5 Å². The van der Waals surface area contributed by atoms with Crippen LogP contribution < -0.4 is 0 Å². The van der Waals surface area contributed by atoms with Gasteiger partial charge in [-0.25, -0.2) is 15.0 Å². The summed E-state index contributed by atoms with van der Waals surface area (Å²) in [6.45, 7) is 0. The second kappa shape index (κ2) is 9.97. The van der Waals surface area contributed by atoms with Crippen LogP contribution in [-0.2, 0) is 0 Å². The highest BCUT2D eigenvalue weighted by molar-refractivity contribution is 7.26. The minimum absolute atomic E-state index is 0.0951. The third-order valence-electron chi connectivity index (χ3n) is 7.30. The lowest BCUT2D eigenvalue weighted by atomic mass is 10.0. The third kappa shape index (κ3) is 4.09. The van der Waals surface area contributed by atoms with E-state index >= 15 is 0 Å². The number of aromatic nitrogens is 3. The van der Waals surface area contributed by atoms with Crippen molar-refractivity contribution in [3.8, 4) is 45.3 Å². The Morgan fingerprint density at radius 1 is 0.500 bits per heavy atom. The van der Waals surface area contributed by atoms with Crippen LogP contribution in [0.4, 0.5) is 0 Å². The third-order valence-corrected chi connectivity index (χ3v) is 8.52. The summed E-state index contributed by atoms with van der Waals surface area (Å²) >= 11 is 1.58. The van der Waals surface area contributed by atoms with E-state index in [4.69, 9.17) is 31.7 Å². The van der Waals surface area contributed by atoms with Crippen LogP contribution in [0, 0.1) is 0 Å². The molecular weight excluding hydrogens is 559 g/mol. The summed E-state index contributed by atoms with van der Waals surface area (Å²) in [6, 6.07) is 16.5. The van der Waals surface area contributed by atoms with Gasteiger partial charge in [0, 0.05) is 47.6 Å². The first-order valence-corrected chi connectivity index (χ1v) is 14.5. The van der Waals surface area contributed by atoms with Gasteiger partial charge in [0.25, 0.3) is 0 Å². The highest BCUT2D eigenvalue weighted by Gasteiger charge is 2.17. The molecule has 0 radical (unpaired) electrons. The normalized spacial score (nSPS) is 15.1. The smallest absolute Gasteiger partial charge is 0.165 e. The van der Waals surface area contributed by atoms with Crippen LogP contribution in [0.5, 0.6) is 0 Å². The second-order valence-corrected chi connectivity index (χ2v) is 11.0. The minimum atomic E-state index is -0.680. The first-order valence-electron chi connectivity index (χ1n) is 19.1. The molecule has 0 aliphatic carbocycles. The van der Waals surface area contributed by atoms with E-state index in [0.717, 1.165) is 20.2 Å². The van der Waals surface area contributed by atoms with Crippen LogP contribution in [0.3, 0.4) is 0 Å². The lowest BCUT2D eigenvalue weighted by Crippen LogP contribution is -2.00. The van der Waals surface area contributed by atoms with Gasteiger partial charge in [-0.15, -0.1) is 11.3 Å². The average molecular weight is 593 g/mol. The van der Waals surface area contributed by atoms with Gasteiger partial charge in [0.2, 0.25) is 0 Å². The summed E-state index contributed by atoms with van der Waals surface area (Å²) in [7, 11) is 0. The predicted octanol–water partition coefficient (Wildman–Crippen LogP) is 10.8. The Labute approximate surface area is 272 Å². The molecule has 0 N–H and O–H groups in total. The Hall–Kier alpha value is -5.65. The van der Waals surface area contributed by atoms with Crippen molar-refractivity contribution in [2.24, 2.45) is 0 Å². The lowest BCUT2D eigenvalue weighted by Gasteiger charge is -2.09. The Balaban J connectivity index is 1.37. The standard InChI is InChI=1S/C39H23N3OS/c1-3-10-24(11-4-1)26-18-20-33-31(22-26)32-23-27(19-21-34(32)43-33)38-40-37(25-12-5-2-6-13-25)41-39(42-38)30-16-9-15-29-28-14-7-8-17-35(28)44-36(29)30/h1-23H/i1D,3D,4D,10D,11D,18D,19D,20D,21D,22D,23D. The van der Waals surface area contributed by atoms with Crippen LogP contribution in [0.15, 0.2) is 144 Å². The van der Waals surface area contributed by atoms with Gasteiger partial charge in [-0.1, -0.05) is 96.9 Å². The van der Waals surface area contributed by atoms with Gasteiger partial charge >= 0.3 is 0 Å². The van der Waals surface area contributed by atoms with Crippen molar-refractivity contribution >= 4 is 53.4 Å². The fraction of sp³-hybridized carbons (Fsp3) is 0. The Bertz CT molecular complexity index is 3100. The van der Waals surface area contributed by atoms with E-state index in [1.807, 2.05) is 72.8 Å². The van der Waals surface area contributed by atoms with Gasteiger partial charge in [0.1, 0.15) is 11.2 Å². The molecule has 0 aliphatic heterocycles. The molecule has 0 atom stereocenters. The molecule has 9 aromatic rings. The molecule has 6 aromatic carbocycles. The molecule has 3 heterocycles. The number of fused-ring (bicyclic) bond motifs is 6. The number of rotatable bonds is 4. The molecule has 0 fully saturated rings. The van der Waals surface area contributed by atoms with Crippen LogP contribution in [0.1, 0.15) is 15.1 Å². The van der Waals surface area contributed by atoms with Crippen molar-refractivity contribution in [1.82, 2.24) is 15.0 Å². The van der Waals surface area contributed by atoms with Crippen LogP contribution in [-0.4, -0.2) is 15.0 Å². The second-order valence-electron chi connectivity index (χ2n) is 9.96. The summed E-state index contributed by atoms with van der Waals surface area (Å²) in [5.74, 6) is 0.417. The molecule has 3 aromatic heterocycles. The first-order chi connectivity index (χ1) is 26.4. The molecule has 0 spiro atoms. The van der Waals surface area contributed by atoms with E-state index in [1.54, 1.807) is 11.3 Å². The molecule has 0 aliphatic rings. The molecule has 206 valence electrons. The maximum absolute atomic E-state index is 9.53. The van der Waals surface area contributed by atoms with E-state index in [1.165, 1.54) is 0 Å². The largest absolute Gasteiger partial charge is 0.456 e. The van der Waals surface area contributed by atoms with Crippen LogP contribution >= 0.6 is 11.3 Å². The number of thiophene rings is 1. The van der Waals surface area contributed by atoms with Crippen molar-refractivity contribution in [1.29, 1.82) is 0 Å². The molecule has 44 heavy (non-hydrogen) atoms. The van der Waals surface area contributed by atoms with E-state index in [-0.39, 0.29) is 45.0 Å². The van der Waals surface area contributed by atoms with Crippen LogP contribution in [0.25, 0.3) is 87.4 Å². The van der Waals surface area contributed by atoms with E-state index < -0.39 is 77.6 Å². The Kier molecular flexibility index (Phi) is 3.69. The summed E-state index contributed by atoms with van der Waals surface area (Å²) in [6.07, 6.45) is 0. The number of hydrogen-bond donors (Lipinski definition) is 0. The maximum atomic E-state index is 9.53. The van der Waals surface area contributed by atoms with E-state index in [0.29, 0.717) is 11.1 Å². The van der Waals surface area contributed by atoms with Crippen molar-refractivity contribution in [2.75, 3.05) is 0 Å². The zero-order chi connectivity index (χ0) is 38.6. The summed E-state index contributed by atoms with van der Waals surface area (Å²) in [5.41, 5.74) is -0.339. The van der Waals surface area contributed by atoms with E-state index in [2.05, 4.69) is 0 Å². The van der Waals surface area contributed by atoms with E-state index in [9.17, 15) is 2.74 Å². The van der Waals surface area contributed by atoms with Crippen LogP contribution in [0.2, 0.25) is 0 Å². The molecule has 0 saturated heterocycles. The maximum Gasteiger partial charge on any atom is 0.165 e. The molecule has 0 amide bonds. The Morgan fingerprint density at radius 2 is 1.16 bits per heavy atom. The fourth-order valence-corrected chi connectivity index (χ4v) is 6.47. The molecule has 0 saturated carbocycles. The van der Waals surface area contributed by atoms with Crippen molar-refractivity contribution in [2.45, 2.75) is 0 Å². The van der Waals surface area contributed by atoms with Gasteiger partial charge in [0.05, 0.1) is 15.1 Å². The average Bonchev–Trinajstić information content (AvgIpc) is 3.80. The molecule has 9 rings (SSSR count). The predicted molar refractivity (Wildman–Crippen MR) is 182 cm³/mol.